The Bertz CT molecular complexity index is 665. The number of nitrogens with one attached hydrogen (secondary N) is 2. The molecule has 0 saturated heterocycles. The molecule has 2 rings (SSSR count). The topological polar surface area (TPSA) is 63.2 Å². The summed E-state index contributed by atoms with van der Waals surface area (Å²) < 4.78 is 5.52. The van der Waals surface area contributed by atoms with E-state index >= 15 is 0 Å². The van der Waals surface area contributed by atoms with Crippen LogP contribution in [0.3, 0.4) is 0 Å². The lowest BCUT2D eigenvalue weighted by atomic mass is 10.1. The van der Waals surface area contributed by atoms with Crippen LogP contribution in [0.5, 0.6) is 5.75 Å². The summed E-state index contributed by atoms with van der Waals surface area (Å²) >= 11 is 6.17. The normalized spacial score (nSPS) is 11.6. The molecule has 1 aromatic heterocycles. The van der Waals surface area contributed by atoms with Gasteiger partial charge < -0.3 is 15.4 Å². The molecular weight excluding hydrogens is 326 g/mol. The molecule has 0 radical (unpaired) electrons. The van der Waals surface area contributed by atoms with Crippen molar-refractivity contribution in [1.82, 2.24) is 10.3 Å². The zero-order valence-corrected chi connectivity index (χ0v) is 14.6. The summed E-state index contributed by atoms with van der Waals surface area (Å²) in [5.74, 6) is 0.617. The van der Waals surface area contributed by atoms with Gasteiger partial charge in [0.2, 0.25) is 0 Å². The van der Waals surface area contributed by atoms with E-state index in [-0.39, 0.29) is 12.1 Å². The van der Waals surface area contributed by atoms with E-state index in [4.69, 9.17) is 16.3 Å². The van der Waals surface area contributed by atoms with Gasteiger partial charge in [0.15, 0.2) is 0 Å². The molecule has 5 nitrogen and oxygen atoms in total. The van der Waals surface area contributed by atoms with Crippen molar-refractivity contribution in [3.05, 3.63) is 53.3 Å². The average molecular weight is 348 g/mol. The van der Waals surface area contributed by atoms with Gasteiger partial charge >= 0.3 is 6.03 Å². The lowest BCUT2D eigenvalue weighted by molar-refractivity contribution is 0.248. The Hall–Kier alpha value is -2.27. The number of aromatic nitrogens is 1. The third-order valence-corrected chi connectivity index (χ3v) is 3.75. The highest BCUT2D eigenvalue weighted by Crippen LogP contribution is 2.28. The van der Waals surface area contributed by atoms with Crippen molar-refractivity contribution < 1.29 is 9.53 Å². The van der Waals surface area contributed by atoms with Crippen LogP contribution in [0.2, 0.25) is 5.02 Å². The summed E-state index contributed by atoms with van der Waals surface area (Å²) in [5, 5.41) is 6.20. The van der Waals surface area contributed by atoms with E-state index in [0.717, 1.165) is 18.4 Å². The largest absolute Gasteiger partial charge is 0.492 e. The predicted octanol–water partition coefficient (Wildman–Crippen LogP) is 4.80. The third kappa shape index (κ3) is 5.13. The van der Waals surface area contributed by atoms with E-state index in [1.54, 1.807) is 30.6 Å². The molecule has 0 saturated carbocycles. The second-order valence-electron chi connectivity index (χ2n) is 5.34. The molecular formula is C18H22ClN3O2. The second kappa shape index (κ2) is 9.13. The van der Waals surface area contributed by atoms with Crippen molar-refractivity contribution >= 4 is 23.3 Å². The number of carbonyl (C=O) groups excluding carboxylic acids is 1. The van der Waals surface area contributed by atoms with Gasteiger partial charge in [-0.15, -0.1) is 0 Å². The van der Waals surface area contributed by atoms with Gasteiger partial charge in [0.1, 0.15) is 5.75 Å². The minimum absolute atomic E-state index is 0.0960. The molecule has 24 heavy (non-hydrogen) atoms. The number of nitrogens with zero attached hydrogens (tertiary/aromatic N) is 1. The van der Waals surface area contributed by atoms with Gasteiger partial charge in [-0.05, 0) is 42.7 Å². The molecule has 0 fully saturated rings. The van der Waals surface area contributed by atoms with Gasteiger partial charge in [-0.25, -0.2) is 4.79 Å². The first-order chi connectivity index (χ1) is 11.6. The zero-order chi connectivity index (χ0) is 17.4. The maximum atomic E-state index is 12.2. The second-order valence-corrected chi connectivity index (χ2v) is 5.75. The van der Waals surface area contributed by atoms with Crippen LogP contribution in [-0.4, -0.2) is 17.6 Å². The van der Waals surface area contributed by atoms with Crippen molar-refractivity contribution in [2.75, 3.05) is 11.9 Å². The van der Waals surface area contributed by atoms with Gasteiger partial charge in [-0.2, -0.15) is 0 Å². The highest BCUT2D eigenvalue weighted by atomic mass is 35.5. The first-order valence-corrected chi connectivity index (χ1v) is 8.41. The molecule has 1 unspecified atom stereocenters. The van der Waals surface area contributed by atoms with Crippen LogP contribution in [0.25, 0.3) is 0 Å². The molecule has 0 aliphatic rings. The van der Waals surface area contributed by atoms with Crippen molar-refractivity contribution in [3.8, 4) is 5.75 Å². The maximum absolute atomic E-state index is 12.2. The summed E-state index contributed by atoms with van der Waals surface area (Å²) in [6.45, 7) is 4.64. The molecule has 0 aliphatic heterocycles. The molecule has 1 aromatic carbocycles. The lowest BCUT2D eigenvalue weighted by Crippen LogP contribution is -2.32. The van der Waals surface area contributed by atoms with Crippen molar-refractivity contribution in [2.24, 2.45) is 0 Å². The Balaban J connectivity index is 1.97. The molecule has 6 heteroatoms. The lowest BCUT2D eigenvalue weighted by Gasteiger charge is -2.18. The number of amides is 2. The van der Waals surface area contributed by atoms with Crippen LogP contribution in [0.4, 0.5) is 10.5 Å². The van der Waals surface area contributed by atoms with E-state index in [1.807, 2.05) is 26.0 Å². The summed E-state index contributed by atoms with van der Waals surface area (Å²) in [7, 11) is 0. The number of rotatable bonds is 7. The summed E-state index contributed by atoms with van der Waals surface area (Å²) in [5.41, 5.74) is 1.58. The fourth-order valence-corrected chi connectivity index (χ4v) is 2.47. The fraction of sp³-hybridized carbons (Fsp3) is 0.333. The van der Waals surface area contributed by atoms with Crippen LogP contribution in [-0.2, 0) is 0 Å². The highest BCUT2D eigenvalue weighted by Gasteiger charge is 2.13. The number of halogens is 1. The molecule has 0 spiro atoms. The smallest absolute Gasteiger partial charge is 0.319 e. The van der Waals surface area contributed by atoms with Crippen LogP contribution in [0.15, 0.2) is 42.7 Å². The molecule has 2 aromatic rings. The Morgan fingerprint density at radius 3 is 2.79 bits per heavy atom. The van der Waals surface area contributed by atoms with Crippen LogP contribution in [0, 0.1) is 0 Å². The molecule has 2 N–H and O–H groups in total. The SMILES string of the molecule is CCCOc1ccc(NC(=O)NC(CC)c2cccnc2)cc1Cl. The predicted molar refractivity (Wildman–Crippen MR) is 96.7 cm³/mol. The van der Waals surface area contributed by atoms with Crippen molar-refractivity contribution in [2.45, 2.75) is 32.7 Å². The van der Waals surface area contributed by atoms with E-state index in [1.165, 1.54) is 0 Å². The Morgan fingerprint density at radius 2 is 2.17 bits per heavy atom. The van der Waals surface area contributed by atoms with Crippen LogP contribution >= 0.6 is 11.6 Å². The summed E-state index contributed by atoms with van der Waals surface area (Å²) in [6, 6.07) is 8.61. The van der Waals surface area contributed by atoms with Crippen molar-refractivity contribution in [1.29, 1.82) is 0 Å². The Labute approximate surface area is 147 Å². The van der Waals surface area contributed by atoms with Gasteiger partial charge in [0.05, 0.1) is 17.7 Å². The maximum Gasteiger partial charge on any atom is 0.319 e. The number of carbonyl (C=O) groups is 1. The number of pyridine rings is 1. The van der Waals surface area contributed by atoms with Crippen LogP contribution in [0.1, 0.15) is 38.3 Å². The van der Waals surface area contributed by atoms with Gasteiger partial charge in [0, 0.05) is 18.1 Å². The standard InChI is InChI=1S/C18H22ClN3O2/c1-3-10-24-17-8-7-14(11-15(17)19)21-18(23)22-16(4-2)13-6-5-9-20-12-13/h5-9,11-12,16H,3-4,10H2,1-2H3,(H2,21,22,23). The molecule has 2 amide bonds. The minimum atomic E-state index is -0.288. The average Bonchev–Trinajstić information content (AvgIpc) is 2.60. The fourth-order valence-electron chi connectivity index (χ4n) is 2.24. The molecule has 0 bridgehead atoms. The highest BCUT2D eigenvalue weighted by molar-refractivity contribution is 6.32. The van der Waals surface area contributed by atoms with Crippen LogP contribution < -0.4 is 15.4 Å². The quantitative estimate of drug-likeness (QED) is 0.756. The number of hydrogen-bond acceptors (Lipinski definition) is 3. The zero-order valence-electron chi connectivity index (χ0n) is 13.9. The minimum Gasteiger partial charge on any atom is -0.492 e. The molecule has 128 valence electrons. The first kappa shape index (κ1) is 18.1. The Kier molecular flexibility index (Phi) is 6.88. The Morgan fingerprint density at radius 1 is 1.33 bits per heavy atom. The molecule has 1 heterocycles. The van der Waals surface area contributed by atoms with Gasteiger partial charge in [0.25, 0.3) is 0 Å². The van der Waals surface area contributed by atoms with E-state index in [0.29, 0.717) is 23.1 Å². The number of hydrogen-bond donors (Lipinski definition) is 2. The number of anilines is 1. The molecule has 1 atom stereocenters. The third-order valence-electron chi connectivity index (χ3n) is 3.45. The number of benzene rings is 1. The molecule has 0 aliphatic carbocycles. The summed E-state index contributed by atoms with van der Waals surface area (Å²) in [4.78, 5) is 16.3. The van der Waals surface area contributed by atoms with Gasteiger partial charge in [-0.1, -0.05) is 31.5 Å². The van der Waals surface area contributed by atoms with E-state index in [9.17, 15) is 4.79 Å². The number of urea groups is 1. The van der Waals surface area contributed by atoms with E-state index in [2.05, 4.69) is 15.6 Å². The summed E-state index contributed by atoms with van der Waals surface area (Å²) in [6.07, 6.45) is 5.14. The monoisotopic (exact) mass is 347 g/mol. The van der Waals surface area contributed by atoms with Crippen molar-refractivity contribution in [3.63, 3.8) is 0 Å². The van der Waals surface area contributed by atoms with E-state index < -0.39 is 0 Å². The number of ether oxygens (including phenoxy) is 1. The first-order valence-electron chi connectivity index (χ1n) is 8.03. The van der Waals surface area contributed by atoms with Gasteiger partial charge in [-0.3, -0.25) is 4.98 Å².